The molecule has 0 spiro atoms. The number of imide groups is 1. The number of amides is 4. The maximum Gasteiger partial charge on any atom is 0.325 e. The quantitative estimate of drug-likeness (QED) is 0.609. The van der Waals surface area contributed by atoms with Crippen LogP contribution in [0.2, 0.25) is 0 Å². The highest BCUT2D eigenvalue weighted by Gasteiger charge is 2.51. The SMILES string of the molecule is CC1(c2ccco2)NC(=O)N(CC(=O)N2CCN(Cc3cccc4ccccc34)CC2)C1=O. The van der Waals surface area contributed by atoms with Gasteiger partial charge in [-0.15, -0.1) is 0 Å². The van der Waals surface area contributed by atoms with Crippen LogP contribution in [0.25, 0.3) is 10.8 Å². The molecule has 0 aliphatic carbocycles. The van der Waals surface area contributed by atoms with Crippen molar-refractivity contribution in [2.45, 2.75) is 19.0 Å². The van der Waals surface area contributed by atoms with Gasteiger partial charge >= 0.3 is 6.03 Å². The molecule has 2 aromatic carbocycles. The molecule has 33 heavy (non-hydrogen) atoms. The Bertz CT molecular complexity index is 1190. The van der Waals surface area contributed by atoms with Gasteiger partial charge in [-0.05, 0) is 35.4 Å². The van der Waals surface area contributed by atoms with E-state index in [1.54, 1.807) is 24.0 Å². The van der Waals surface area contributed by atoms with Gasteiger partial charge in [-0.2, -0.15) is 0 Å². The summed E-state index contributed by atoms with van der Waals surface area (Å²) in [5, 5.41) is 5.12. The molecule has 3 aromatic rings. The monoisotopic (exact) mass is 446 g/mol. The summed E-state index contributed by atoms with van der Waals surface area (Å²) in [6, 6.07) is 17.4. The molecule has 0 saturated carbocycles. The second kappa shape index (κ2) is 8.37. The number of hydrogen-bond acceptors (Lipinski definition) is 5. The van der Waals surface area contributed by atoms with Crippen molar-refractivity contribution in [1.29, 1.82) is 0 Å². The van der Waals surface area contributed by atoms with E-state index in [-0.39, 0.29) is 12.5 Å². The molecule has 2 aliphatic rings. The van der Waals surface area contributed by atoms with E-state index in [4.69, 9.17) is 4.42 Å². The van der Waals surface area contributed by atoms with Crippen molar-refractivity contribution in [3.63, 3.8) is 0 Å². The van der Waals surface area contributed by atoms with Crippen molar-refractivity contribution >= 4 is 28.6 Å². The lowest BCUT2D eigenvalue weighted by Gasteiger charge is -2.35. The van der Waals surface area contributed by atoms with Gasteiger partial charge in [-0.1, -0.05) is 42.5 Å². The average molecular weight is 447 g/mol. The third-order valence-electron chi connectivity index (χ3n) is 6.58. The Balaban J connectivity index is 1.19. The molecule has 5 rings (SSSR count). The maximum atomic E-state index is 12.9. The zero-order chi connectivity index (χ0) is 23.0. The molecule has 2 saturated heterocycles. The van der Waals surface area contributed by atoms with E-state index in [1.165, 1.54) is 22.6 Å². The Kier molecular flexibility index (Phi) is 5.38. The van der Waals surface area contributed by atoms with Crippen LogP contribution in [0.4, 0.5) is 4.79 Å². The number of hydrogen-bond donors (Lipinski definition) is 1. The standard InChI is InChI=1S/C25H26N4O4/c1-25(21-10-5-15-33-21)23(31)29(24(32)26-25)17-22(30)28-13-11-27(12-14-28)16-19-8-4-7-18-6-2-3-9-20(18)19/h2-10,15H,11-14,16-17H2,1H3,(H,26,32). The van der Waals surface area contributed by atoms with Gasteiger partial charge in [-0.3, -0.25) is 19.4 Å². The molecule has 1 atom stereocenters. The minimum atomic E-state index is -1.29. The number of furan rings is 1. The van der Waals surface area contributed by atoms with Crippen LogP contribution in [0.15, 0.2) is 65.3 Å². The first-order valence-corrected chi connectivity index (χ1v) is 11.1. The summed E-state index contributed by atoms with van der Waals surface area (Å²) < 4.78 is 5.33. The lowest BCUT2D eigenvalue weighted by atomic mass is 9.99. The topological polar surface area (TPSA) is 86.1 Å². The fraction of sp³-hybridized carbons (Fsp3) is 0.320. The molecule has 2 fully saturated rings. The van der Waals surface area contributed by atoms with E-state index in [1.807, 2.05) is 6.07 Å². The highest BCUT2D eigenvalue weighted by molar-refractivity contribution is 6.08. The van der Waals surface area contributed by atoms with Gasteiger partial charge in [0, 0.05) is 32.7 Å². The molecule has 1 aromatic heterocycles. The van der Waals surface area contributed by atoms with Crippen molar-refractivity contribution in [3.05, 3.63) is 72.2 Å². The van der Waals surface area contributed by atoms with Crippen molar-refractivity contribution in [1.82, 2.24) is 20.0 Å². The number of urea groups is 1. The van der Waals surface area contributed by atoms with Crippen LogP contribution in [0.3, 0.4) is 0 Å². The first-order valence-electron chi connectivity index (χ1n) is 11.1. The third kappa shape index (κ3) is 3.87. The molecule has 0 radical (unpaired) electrons. The van der Waals surface area contributed by atoms with Gasteiger partial charge in [0.05, 0.1) is 6.26 Å². The first-order chi connectivity index (χ1) is 16.0. The Morgan fingerprint density at radius 2 is 1.76 bits per heavy atom. The van der Waals surface area contributed by atoms with E-state index >= 15 is 0 Å². The van der Waals surface area contributed by atoms with E-state index in [0.717, 1.165) is 24.5 Å². The lowest BCUT2D eigenvalue weighted by molar-refractivity contribution is -0.140. The van der Waals surface area contributed by atoms with Crippen molar-refractivity contribution in [3.8, 4) is 0 Å². The zero-order valence-corrected chi connectivity index (χ0v) is 18.5. The van der Waals surface area contributed by atoms with Gasteiger partial charge in [-0.25, -0.2) is 4.79 Å². The number of carbonyl (C=O) groups excluding carboxylic acids is 3. The maximum absolute atomic E-state index is 12.9. The lowest BCUT2D eigenvalue weighted by Crippen LogP contribution is -2.51. The minimum Gasteiger partial charge on any atom is -0.466 e. The summed E-state index contributed by atoms with van der Waals surface area (Å²) in [6.45, 7) is 4.72. The van der Waals surface area contributed by atoms with Gasteiger partial charge in [0.15, 0.2) is 5.54 Å². The molecular weight excluding hydrogens is 420 g/mol. The average Bonchev–Trinajstić information content (AvgIpc) is 3.44. The van der Waals surface area contributed by atoms with E-state index in [0.29, 0.717) is 18.8 Å². The van der Waals surface area contributed by atoms with Crippen LogP contribution >= 0.6 is 0 Å². The molecule has 170 valence electrons. The molecular formula is C25H26N4O4. The van der Waals surface area contributed by atoms with Gasteiger partial charge in [0.25, 0.3) is 5.91 Å². The predicted molar refractivity (Wildman–Crippen MR) is 122 cm³/mol. The smallest absolute Gasteiger partial charge is 0.325 e. The molecule has 8 heteroatoms. The summed E-state index contributed by atoms with van der Waals surface area (Å²) in [5.41, 5.74) is -0.0256. The first kappa shape index (κ1) is 21.2. The van der Waals surface area contributed by atoms with Gasteiger partial charge in [0.1, 0.15) is 12.3 Å². The molecule has 2 aliphatic heterocycles. The summed E-state index contributed by atoms with van der Waals surface area (Å²) in [4.78, 5) is 43.3. The number of nitrogens with one attached hydrogen (secondary N) is 1. The van der Waals surface area contributed by atoms with Crippen molar-refractivity contribution in [2.75, 3.05) is 32.7 Å². The molecule has 8 nitrogen and oxygen atoms in total. The third-order valence-corrected chi connectivity index (χ3v) is 6.58. The van der Waals surface area contributed by atoms with Crippen LogP contribution in [-0.4, -0.2) is 65.3 Å². The van der Waals surface area contributed by atoms with E-state index in [2.05, 4.69) is 46.6 Å². The normalized spacial score (nSPS) is 21.6. The second-order valence-electron chi connectivity index (χ2n) is 8.72. The Morgan fingerprint density at radius 1 is 1.00 bits per heavy atom. The van der Waals surface area contributed by atoms with E-state index < -0.39 is 17.5 Å². The molecule has 1 unspecified atom stereocenters. The number of nitrogens with zero attached hydrogens (tertiary/aromatic N) is 3. The number of carbonyl (C=O) groups is 3. The fourth-order valence-corrected chi connectivity index (χ4v) is 4.63. The van der Waals surface area contributed by atoms with Crippen LogP contribution in [0, 0.1) is 0 Å². The van der Waals surface area contributed by atoms with Crippen molar-refractivity contribution in [2.24, 2.45) is 0 Å². The summed E-state index contributed by atoms with van der Waals surface area (Å²) in [5.74, 6) is -0.366. The Hall–Kier alpha value is -3.65. The largest absolute Gasteiger partial charge is 0.466 e. The molecule has 3 heterocycles. The molecule has 4 amide bonds. The zero-order valence-electron chi connectivity index (χ0n) is 18.5. The molecule has 0 bridgehead atoms. The Morgan fingerprint density at radius 3 is 2.52 bits per heavy atom. The fourth-order valence-electron chi connectivity index (χ4n) is 4.63. The van der Waals surface area contributed by atoms with Crippen LogP contribution in [0.5, 0.6) is 0 Å². The minimum absolute atomic E-state index is 0.230. The second-order valence-corrected chi connectivity index (χ2v) is 8.72. The predicted octanol–water partition coefficient (Wildman–Crippen LogP) is 2.54. The van der Waals surface area contributed by atoms with Crippen LogP contribution < -0.4 is 5.32 Å². The highest BCUT2D eigenvalue weighted by Crippen LogP contribution is 2.29. The van der Waals surface area contributed by atoms with Crippen LogP contribution in [-0.2, 0) is 21.7 Å². The summed E-state index contributed by atoms with van der Waals surface area (Å²) >= 11 is 0. The number of fused-ring (bicyclic) bond motifs is 1. The summed E-state index contributed by atoms with van der Waals surface area (Å²) in [6.07, 6.45) is 1.45. The van der Waals surface area contributed by atoms with Crippen molar-refractivity contribution < 1.29 is 18.8 Å². The van der Waals surface area contributed by atoms with Crippen LogP contribution in [0.1, 0.15) is 18.2 Å². The molecule has 1 N–H and O–H groups in total. The number of rotatable bonds is 5. The highest BCUT2D eigenvalue weighted by atomic mass is 16.3. The van der Waals surface area contributed by atoms with Gasteiger partial charge in [0.2, 0.25) is 5.91 Å². The Labute approximate surface area is 191 Å². The van der Waals surface area contributed by atoms with Gasteiger partial charge < -0.3 is 14.6 Å². The summed E-state index contributed by atoms with van der Waals surface area (Å²) in [7, 11) is 0. The number of benzene rings is 2. The number of piperazine rings is 1. The van der Waals surface area contributed by atoms with E-state index in [9.17, 15) is 14.4 Å².